The number of hydrogen-bond acceptors (Lipinski definition) is 6. The molecular weight excluding hydrogens is 382 g/mol. The summed E-state index contributed by atoms with van der Waals surface area (Å²) >= 11 is 0. The summed E-state index contributed by atoms with van der Waals surface area (Å²) < 4.78 is 5.59. The van der Waals surface area contributed by atoms with E-state index >= 15 is 0 Å². The molecular formula is C22H33N5O3. The van der Waals surface area contributed by atoms with Crippen LogP contribution in [0.2, 0.25) is 0 Å². The molecule has 1 aromatic rings. The Morgan fingerprint density at radius 2 is 1.80 bits per heavy atom. The minimum absolute atomic E-state index is 0.156. The van der Waals surface area contributed by atoms with Crippen LogP contribution in [0.4, 0.5) is 0 Å². The second-order valence-corrected chi connectivity index (χ2v) is 8.74. The largest absolute Gasteiger partial charge is 0.381 e. The van der Waals surface area contributed by atoms with Crippen LogP contribution in [0.1, 0.15) is 49.1 Å². The highest BCUT2D eigenvalue weighted by atomic mass is 16.5. The number of likely N-dealkylation sites (tertiary alicyclic amines) is 1. The van der Waals surface area contributed by atoms with E-state index < -0.39 is 0 Å². The summed E-state index contributed by atoms with van der Waals surface area (Å²) in [5, 5.41) is 0. The first kappa shape index (κ1) is 21.2. The summed E-state index contributed by atoms with van der Waals surface area (Å²) in [5.74, 6) is 0.697. The highest BCUT2D eigenvalue weighted by Gasteiger charge is 2.38. The topological polar surface area (TPSA) is 78.9 Å². The van der Waals surface area contributed by atoms with Gasteiger partial charge in [-0.25, -0.2) is 9.97 Å². The highest BCUT2D eigenvalue weighted by molar-refractivity contribution is 5.90. The van der Waals surface area contributed by atoms with E-state index in [0.29, 0.717) is 24.5 Å². The molecule has 4 rings (SSSR count). The maximum absolute atomic E-state index is 12.6. The van der Waals surface area contributed by atoms with Crippen molar-refractivity contribution in [2.24, 2.45) is 5.92 Å². The van der Waals surface area contributed by atoms with Crippen LogP contribution in [0.5, 0.6) is 0 Å². The maximum atomic E-state index is 12.6. The smallest absolute Gasteiger partial charge is 0.291 e. The van der Waals surface area contributed by atoms with E-state index in [1.54, 1.807) is 23.4 Å². The highest BCUT2D eigenvalue weighted by Crippen LogP contribution is 2.33. The average Bonchev–Trinajstić information content (AvgIpc) is 3.65. The third kappa shape index (κ3) is 5.16. The van der Waals surface area contributed by atoms with Gasteiger partial charge in [-0.2, -0.15) is 0 Å². The van der Waals surface area contributed by atoms with E-state index in [4.69, 9.17) is 4.74 Å². The molecule has 0 radical (unpaired) electrons. The van der Waals surface area contributed by atoms with E-state index in [-0.39, 0.29) is 17.6 Å². The van der Waals surface area contributed by atoms with Gasteiger partial charge in [0.2, 0.25) is 11.7 Å². The fraction of sp³-hybridized carbons (Fsp3) is 0.727. The molecule has 0 bridgehead atoms. The number of amides is 2. The molecule has 2 saturated heterocycles. The van der Waals surface area contributed by atoms with Crippen LogP contribution >= 0.6 is 0 Å². The summed E-state index contributed by atoms with van der Waals surface area (Å²) in [7, 11) is 1.81. The number of hydrogen-bond donors (Lipinski definition) is 0. The first-order valence-electron chi connectivity index (χ1n) is 11.3. The van der Waals surface area contributed by atoms with Crippen molar-refractivity contribution in [3.8, 4) is 0 Å². The molecule has 8 nitrogen and oxygen atoms in total. The van der Waals surface area contributed by atoms with Crippen molar-refractivity contribution in [2.75, 3.05) is 46.4 Å². The zero-order valence-corrected chi connectivity index (χ0v) is 17.9. The molecule has 3 fully saturated rings. The second kappa shape index (κ2) is 9.83. The number of rotatable bonds is 7. The molecule has 3 heterocycles. The fourth-order valence-electron chi connectivity index (χ4n) is 4.64. The zero-order valence-electron chi connectivity index (χ0n) is 17.9. The predicted molar refractivity (Wildman–Crippen MR) is 112 cm³/mol. The monoisotopic (exact) mass is 415 g/mol. The summed E-state index contributed by atoms with van der Waals surface area (Å²) in [4.78, 5) is 39.8. The number of carbonyl (C=O) groups is 2. The van der Waals surface area contributed by atoms with E-state index in [1.807, 2.05) is 7.05 Å². The van der Waals surface area contributed by atoms with Gasteiger partial charge in [0.05, 0.1) is 0 Å². The van der Waals surface area contributed by atoms with Gasteiger partial charge >= 0.3 is 0 Å². The number of nitrogens with zero attached hydrogens (tertiary/aromatic N) is 5. The van der Waals surface area contributed by atoms with Gasteiger partial charge in [-0.3, -0.25) is 14.5 Å². The van der Waals surface area contributed by atoms with Crippen molar-refractivity contribution < 1.29 is 14.3 Å². The molecule has 0 N–H and O–H groups in total. The Labute approximate surface area is 178 Å². The van der Waals surface area contributed by atoms with Gasteiger partial charge < -0.3 is 14.5 Å². The molecule has 2 aliphatic heterocycles. The molecule has 0 aromatic carbocycles. The van der Waals surface area contributed by atoms with Crippen LogP contribution in [-0.2, 0) is 9.53 Å². The lowest BCUT2D eigenvalue weighted by atomic mass is 9.98. The van der Waals surface area contributed by atoms with E-state index in [1.165, 1.54) is 0 Å². The first-order chi connectivity index (χ1) is 14.6. The lowest BCUT2D eigenvalue weighted by Gasteiger charge is -2.44. The van der Waals surface area contributed by atoms with Gasteiger partial charge in [0, 0.05) is 76.8 Å². The van der Waals surface area contributed by atoms with Crippen LogP contribution in [0.15, 0.2) is 18.5 Å². The van der Waals surface area contributed by atoms with Crippen LogP contribution in [-0.4, -0.2) is 95.0 Å². The number of ether oxygens (including phenoxy) is 1. The van der Waals surface area contributed by atoms with Crippen molar-refractivity contribution in [1.82, 2.24) is 24.7 Å². The van der Waals surface area contributed by atoms with Crippen LogP contribution < -0.4 is 0 Å². The minimum Gasteiger partial charge on any atom is -0.381 e. The van der Waals surface area contributed by atoms with Crippen molar-refractivity contribution in [2.45, 2.75) is 50.6 Å². The summed E-state index contributed by atoms with van der Waals surface area (Å²) in [5.41, 5.74) is 0. The number of likely N-dealkylation sites (N-methyl/N-ethyl adjacent to an activating group) is 1. The molecule has 0 spiro atoms. The Balaban J connectivity index is 1.40. The molecule has 1 unspecified atom stereocenters. The Hall–Kier alpha value is -2.06. The number of piperidine rings is 1. The normalized spacial score (nSPS) is 22.9. The SMILES string of the molecule is CN(CCN(C1CCOCC1)C1CCCN(C(=O)C2CC2)C1)C(=O)c1ncccn1. The molecule has 1 aliphatic carbocycles. The molecule has 30 heavy (non-hydrogen) atoms. The summed E-state index contributed by atoms with van der Waals surface area (Å²) in [6.07, 6.45) is 9.46. The van der Waals surface area contributed by atoms with Gasteiger partial charge in [-0.1, -0.05) is 0 Å². The van der Waals surface area contributed by atoms with Crippen molar-refractivity contribution in [3.63, 3.8) is 0 Å². The number of carbonyl (C=O) groups excluding carboxylic acids is 2. The fourth-order valence-corrected chi connectivity index (χ4v) is 4.64. The third-order valence-corrected chi connectivity index (χ3v) is 6.56. The third-order valence-electron chi connectivity index (χ3n) is 6.56. The van der Waals surface area contributed by atoms with Crippen molar-refractivity contribution in [3.05, 3.63) is 24.3 Å². The first-order valence-corrected chi connectivity index (χ1v) is 11.3. The summed E-state index contributed by atoms with van der Waals surface area (Å²) in [6.45, 7) is 4.66. The quantitative estimate of drug-likeness (QED) is 0.670. The molecule has 1 saturated carbocycles. The average molecular weight is 416 g/mol. The number of aromatic nitrogens is 2. The molecule has 1 aromatic heterocycles. The van der Waals surface area contributed by atoms with Gasteiger partial charge in [-0.05, 0) is 44.6 Å². The Kier molecular flexibility index (Phi) is 6.94. The minimum atomic E-state index is -0.156. The Morgan fingerprint density at radius 1 is 1.07 bits per heavy atom. The van der Waals surface area contributed by atoms with Crippen LogP contribution in [0, 0.1) is 5.92 Å². The van der Waals surface area contributed by atoms with Gasteiger partial charge in [0.25, 0.3) is 5.91 Å². The van der Waals surface area contributed by atoms with Gasteiger partial charge in [0.15, 0.2) is 0 Å². The van der Waals surface area contributed by atoms with Crippen LogP contribution in [0.3, 0.4) is 0 Å². The molecule has 8 heteroatoms. The van der Waals surface area contributed by atoms with Crippen LogP contribution in [0.25, 0.3) is 0 Å². The van der Waals surface area contributed by atoms with Crippen molar-refractivity contribution in [1.29, 1.82) is 0 Å². The Morgan fingerprint density at radius 3 is 2.50 bits per heavy atom. The maximum Gasteiger partial charge on any atom is 0.291 e. The standard InChI is InChI=1S/C22H33N5O3/c1-25(22(29)20-23-9-3-10-24-20)12-13-27(18-7-14-30-15-8-18)19-4-2-11-26(16-19)21(28)17-5-6-17/h3,9-10,17-19H,2,4-8,11-16H2,1H3. The Bertz CT molecular complexity index is 721. The second-order valence-electron chi connectivity index (χ2n) is 8.74. The molecule has 3 aliphatic rings. The lowest BCUT2D eigenvalue weighted by Crippen LogP contribution is -2.55. The molecule has 164 valence electrons. The van der Waals surface area contributed by atoms with E-state index in [9.17, 15) is 9.59 Å². The zero-order chi connectivity index (χ0) is 20.9. The van der Waals surface area contributed by atoms with Gasteiger partial charge in [0.1, 0.15) is 0 Å². The summed E-state index contributed by atoms with van der Waals surface area (Å²) in [6, 6.07) is 2.50. The van der Waals surface area contributed by atoms with Gasteiger partial charge in [-0.15, -0.1) is 0 Å². The lowest BCUT2D eigenvalue weighted by molar-refractivity contribution is -0.135. The predicted octanol–water partition coefficient (Wildman–Crippen LogP) is 1.43. The van der Waals surface area contributed by atoms with E-state index in [0.717, 1.165) is 71.4 Å². The molecule has 2 amide bonds. The molecule has 1 atom stereocenters. The van der Waals surface area contributed by atoms with E-state index in [2.05, 4.69) is 19.8 Å². The van der Waals surface area contributed by atoms with Crippen molar-refractivity contribution >= 4 is 11.8 Å².